The van der Waals surface area contributed by atoms with E-state index in [4.69, 9.17) is 4.74 Å². The number of rotatable bonds is 3. The first kappa shape index (κ1) is 10.7. The SMILES string of the molecule is CC(C(=O)CC1COC1)C(C)(C)C. The van der Waals surface area contributed by atoms with E-state index in [9.17, 15) is 4.79 Å². The Bertz CT molecular complexity index is 187. The molecule has 0 spiro atoms. The van der Waals surface area contributed by atoms with Crippen molar-refractivity contribution in [3.63, 3.8) is 0 Å². The van der Waals surface area contributed by atoms with E-state index in [0.717, 1.165) is 13.2 Å². The minimum Gasteiger partial charge on any atom is -0.381 e. The zero-order valence-electron chi connectivity index (χ0n) is 9.09. The molecule has 1 rings (SSSR count). The van der Waals surface area contributed by atoms with Crippen LogP contribution in [0, 0.1) is 17.3 Å². The highest BCUT2D eigenvalue weighted by Gasteiger charge is 2.30. The van der Waals surface area contributed by atoms with E-state index < -0.39 is 0 Å². The third-order valence-corrected chi connectivity index (χ3v) is 2.98. The normalized spacial score (nSPS) is 20.9. The minimum atomic E-state index is 0.0989. The molecule has 1 saturated heterocycles. The molecule has 0 radical (unpaired) electrons. The maximum absolute atomic E-state index is 11.7. The topological polar surface area (TPSA) is 26.3 Å². The van der Waals surface area contributed by atoms with Crippen molar-refractivity contribution in [1.29, 1.82) is 0 Å². The summed E-state index contributed by atoms with van der Waals surface area (Å²) in [5.41, 5.74) is 0.0989. The van der Waals surface area contributed by atoms with Crippen molar-refractivity contribution in [3.8, 4) is 0 Å². The first-order valence-corrected chi connectivity index (χ1v) is 5.01. The van der Waals surface area contributed by atoms with Crippen LogP contribution in [0.15, 0.2) is 0 Å². The van der Waals surface area contributed by atoms with Crippen LogP contribution in [0.2, 0.25) is 0 Å². The van der Waals surface area contributed by atoms with Crippen LogP contribution in [-0.2, 0) is 9.53 Å². The first-order chi connectivity index (χ1) is 5.91. The van der Waals surface area contributed by atoms with Gasteiger partial charge in [-0.1, -0.05) is 27.7 Å². The fraction of sp³-hybridized carbons (Fsp3) is 0.909. The number of hydrogen-bond acceptors (Lipinski definition) is 2. The smallest absolute Gasteiger partial charge is 0.136 e. The molecule has 0 N–H and O–H groups in total. The molecule has 2 heteroatoms. The Morgan fingerprint density at radius 1 is 1.46 bits per heavy atom. The van der Waals surface area contributed by atoms with Crippen LogP contribution < -0.4 is 0 Å². The van der Waals surface area contributed by atoms with Gasteiger partial charge in [0.05, 0.1) is 13.2 Å². The third kappa shape index (κ3) is 2.80. The monoisotopic (exact) mass is 184 g/mol. The van der Waals surface area contributed by atoms with E-state index in [1.807, 2.05) is 6.92 Å². The molecule has 0 aromatic rings. The quantitative estimate of drug-likeness (QED) is 0.672. The molecule has 13 heavy (non-hydrogen) atoms. The van der Waals surface area contributed by atoms with Crippen molar-refractivity contribution >= 4 is 5.78 Å². The zero-order chi connectivity index (χ0) is 10.1. The average molecular weight is 184 g/mol. The van der Waals surface area contributed by atoms with Gasteiger partial charge < -0.3 is 4.74 Å². The fourth-order valence-corrected chi connectivity index (χ4v) is 1.35. The van der Waals surface area contributed by atoms with Crippen molar-refractivity contribution in [2.75, 3.05) is 13.2 Å². The van der Waals surface area contributed by atoms with Crippen LogP contribution >= 0.6 is 0 Å². The minimum absolute atomic E-state index is 0.0989. The Balaban J connectivity index is 2.37. The van der Waals surface area contributed by atoms with Crippen molar-refractivity contribution < 1.29 is 9.53 Å². The summed E-state index contributed by atoms with van der Waals surface area (Å²) in [7, 11) is 0. The lowest BCUT2D eigenvalue weighted by molar-refractivity contribution is -0.130. The predicted molar refractivity (Wildman–Crippen MR) is 52.6 cm³/mol. The molecular weight excluding hydrogens is 164 g/mol. The van der Waals surface area contributed by atoms with Crippen LogP contribution in [0.3, 0.4) is 0 Å². The van der Waals surface area contributed by atoms with E-state index >= 15 is 0 Å². The van der Waals surface area contributed by atoms with Gasteiger partial charge in [0.1, 0.15) is 5.78 Å². The highest BCUT2D eigenvalue weighted by Crippen LogP contribution is 2.29. The van der Waals surface area contributed by atoms with E-state index in [0.29, 0.717) is 18.1 Å². The molecule has 1 heterocycles. The van der Waals surface area contributed by atoms with Crippen molar-refractivity contribution in [2.24, 2.45) is 17.3 Å². The second-order valence-corrected chi connectivity index (χ2v) is 5.16. The molecule has 0 aromatic carbocycles. The number of carbonyl (C=O) groups is 1. The van der Waals surface area contributed by atoms with Crippen LogP contribution in [-0.4, -0.2) is 19.0 Å². The van der Waals surface area contributed by atoms with E-state index in [1.54, 1.807) is 0 Å². The highest BCUT2D eigenvalue weighted by molar-refractivity contribution is 5.81. The van der Waals surface area contributed by atoms with Gasteiger partial charge in [-0.05, 0) is 5.41 Å². The van der Waals surface area contributed by atoms with Crippen molar-refractivity contribution in [1.82, 2.24) is 0 Å². The summed E-state index contributed by atoms with van der Waals surface area (Å²) in [5, 5.41) is 0. The van der Waals surface area contributed by atoms with Gasteiger partial charge in [0.2, 0.25) is 0 Å². The Morgan fingerprint density at radius 2 is 2.00 bits per heavy atom. The van der Waals surface area contributed by atoms with Gasteiger partial charge in [-0.3, -0.25) is 4.79 Å². The zero-order valence-corrected chi connectivity index (χ0v) is 9.09. The molecule has 76 valence electrons. The van der Waals surface area contributed by atoms with Gasteiger partial charge in [0, 0.05) is 18.3 Å². The van der Waals surface area contributed by atoms with E-state index in [1.165, 1.54) is 0 Å². The Morgan fingerprint density at radius 3 is 2.31 bits per heavy atom. The van der Waals surface area contributed by atoms with Crippen molar-refractivity contribution in [3.05, 3.63) is 0 Å². The maximum Gasteiger partial charge on any atom is 0.136 e. The highest BCUT2D eigenvalue weighted by atomic mass is 16.5. The van der Waals surface area contributed by atoms with Crippen LogP contribution in [0.5, 0.6) is 0 Å². The molecule has 0 aromatic heterocycles. The molecular formula is C11H20O2. The Hall–Kier alpha value is -0.370. The summed E-state index contributed by atoms with van der Waals surface area (Å²) in [6.07, 6.45) is 0.707. The van der Waals surface area contributed by atoms with Gasteiger partial charge in [-0.2, -0.15) is 0 Å². The summed E-state index contributed by atoms with van der Waals surface area (Å²) in [4.78, 5) is 11.7. The van der Waals surface area contributed by atoms with Gasteiger partial charge in [-0.25, -0.2) is 0 Å². The van der Waals surface area contributed by atoms with Gasteiger partial charge in [-0.15, -0.1) is 0 Å². The van der Waals surface area contributed by atoms with Gasteiger partial charge in [0.25, 0.3) is 0 Å². The fourth-order valence-electron chi connectivity index (χ4n) is 1.35. The number of hydrogen-bond donors (Lipinski definition) is 0. The molecule has 1 aliphatic heterocycles. The summed E-state index contributed by atoms with van der Waals surface area (Å²) < 4.78 is 5.05. The largest absolute Gasteiger partial charge is 0.381 e. The molecule has 1 unspecified atom stereocenters. The molecule has 0 saturated carbocycles. The van der Waals surface area contributed by atoms with E-state index in [-0.39, 0.29) is 11.3 Å². The summed E-state index contributed by atoms with van der Waals surface area (Å²) >= 11 is 0. The maximum atomic E-state index is 11.7. The number of ether oxygens (including phenoxy) is 1. The Kier molecular flexibility index (Phi) is 3.12. The molecule has 1 aliphatic rings. The third-order valence-electron chi connectivity index (χ3n) is 2.98. The van der Waals surface area contributed by atoms with Gasteiger partial charge >= 0.3 is 0 Å². The second kappa shape index (κ2) is 3.79. The van der Waals surface area contributed by atoms with Crippen LogP contribution in [0.1, 0.15) is 34.1 Å². The summed E-state index contributed by atoms with van der Waals surface area (Å²) in [5.74, 6) is 1.05. The van der Waals surface area contributed by atoms with E-state index in [2.05, 4.69) is 20.8 Å². The van der Waals surface area contributed by atoms with Crippen LogP contribution in [0.25, 0.3) is 0 Å². The summed E-state index contributed by atoms with van der Waals surface area (Å²) in [6, 6.07) is 0. The molecule has 0 bridgehead atoms. The molecule has 1 atom stereocenters. The number of ketones is 1. The first-order valence-electron chi connectivity index (χ1n) is 5.01. The standard InChI is InChI=1S/C11H20O2/c1-8(11(2,3)4)10(12)5-9-6-13-7-9/h8-9H,5-7H2,1-4H3. The second-order valence-electron chi connectivity index (χ2n) is 5.16. The molecule has 0 aliphatic carbocycles. The van der Waals surface area contributed by atoms with Gasteiger partial charge in [0.15, 0.2) is 0 Å². The molecule has 0 amide bonds. The Labute approximate surface area is 80.7 Å². The molecule has 2 nitrogen and oxygen atoms in total. The lowest BCUT2D eigenvalue weighted by Crippen LogP contribution is -2.34. The lowest BCUT2D eigenvalue weighted by atomic mass is 9.77. The van der Waals surface area contributed by atoms with Crippen LogP contribution in [0.4, 0.5) is 0 Å². The average Bonchev–Trinajstić information content (AvgIpc) is 1.93. The predicted octanol–water partition coefficient (Wildman–Crippen LogP) is 2.27. The number of carbonyl (C=O) groups excluding carboxylic acids is 1. The van der Waals surface area contributed by atoms with Crippen molar-refractivity contribution in [2.45, 2.75) is 34.1 Å². The molecule has 1 fully saturated rings. The lowest BCUT2D eigenvalue weighted by Gasteiger charge is -2.30. The summed E-state index contributed by atoms with van der Waals surface area (Å²) in [6.45, 7) is 9.94. The number of Topliss-reactive ketones (excluding diaryl/α,β-unsaturated/α-hetero) is 1.